The molecule has 0 radical (unpaired) electrons. The molecule has 18 heavy (non-hydrogen) atoms. The lowest BCUT2D eigenvalue weighted by atomic mass is 9.93. The van der Waals surface area contributed by atoms with Gasteiger partial charge in [0.25, 0.3) is 0 Å². The maximum absolute atomic E-state index is 5.59. The zero-order valence-corrected chi connectivity index (χ0v) is 12.8. The largest absolute Gasteiger partial charge is 0.492 e. The molecule has 0 saturated carbocycles. The van der Waals surface area contributed by atoms with E-state index in [0.29, 0.717) is 6.04 Å². The molecule has 4 heteroatoms. The molecule has 1 fully saturated rings. The lowest BCUT2D eigenvalue weighted by Gasteiger charge is -2.28. The van der Waals surface area contributed by atoms with Crippen molar-refractivity contribution in [1.82, 2.24) is 5.32 Å². The molecule has 0 amide bonds. The van der Waals surface area contributed by atoms with Crippen LogP contribution in [-0.2, 0) is 0 Å². The maximum atomic E-state index is 5.59. The fraction of sp³-hybridized carbons (Fsp3) is 0.571. The minimum absolute atomic E-state index is 0.371. The van der Waals surface area contributed by atoms with E-state index < -0.39 is 0 Å². The molecule has 1 aromatic carbocycles. The summed E-state index contributed by atoms with van der Waals surface area (Å²) >= 11 is 3.53. The van der Waals surface area contributed by atoms with Crippen molar-refractivity contribution < 1.29 is 9.47 Å². The third-order valence-electron chi connectivity index (χ3n) is 3.50. The van der Waals surface area contributed by atoms with Crippen LogP contribution in [0.4, 0.5) is 0 Å². The average Bonchev–Trinajstić information content (AvgIpc) is 2.38. The SMILES string of the molecule is COc1c(Br)cc(C)c(C2CCCCN2)c1OC. The number of hydrogen-bond donors (Lipinski definition) is 1. The molecule has 0 aliphatic carbocycles. The second kappa shape index (κ2) is 5.93. The van der Waals surface area contributed by atoms with Crippen LogP contribution >= 0.6 is 15.9 Å². The van der Waals surface area contributed by atoms with E-state index in [1.807, 2.05) is 0 Å². The fourth-order valence-electron chi connectivity index (χ4n) is 2.67. The molecule has 0 bridgehead atoms. The molecular formula is C14H20BrNO2. The van der Waals surface area contributed by atoms with Gasteiger partial charge in [-0.25, -0.2) is 0 Å². The number of halogens is 1. The Labute approximate surface area is 117 Å². The van der Waals surface area contributed by atoms with Crippen LogP contribution in [-0.4, -0.2) is 20.8 Å². The smallest absolute Gasteiger partial charge is 0.175 e. The van der Waals surface area contributed by atoms with Crippen molar-refractivity contribution in [3.8, 4) is 11.5 Å². The Hall–Kier alpha value is -0.740. The Morgan fingerprint density at radius 3 is 2.50 bits per heavy atom. The lowest BCUT2D eigenvalue weighted by Crippen LogP contribution is -2.27. The van der Waals surface area contributed by atoms with Gasteiger partial charge in [0.15, 0.2) is 11.5 Å². The Morgan fingerprint density at radius 2 is 1.94 bits per heavy atom. The van der Waals surface area contributed by atoms with Crippen molar-refractivity contribution in [2.24, 2.45) is 0 Å². The monoisotopic (exact) mass is 313 g/mol. The van der Waals surface area contributed by atoms with Crippen LogP contribution in [0.25, 0.3) is 0 Å². The van der Waals surface area contributed by atoms with Gasteiger partial charge >= 0.3 is 0 Å². The molecule has 1 aliphatic rings. The van der Waals surface area contributed by atoms with E-state index in [-0.39, 0.29) is 0 Å². The molecule has 2 rings (SSSR count). The van der Waals surface area contributed by atoms with Crippen LogP contribution in [0.3, 0.4) is 0 Å². The Kier molecular flexibility index (Phi) is 4.51. The van der Waals surface area contributed by atoms with Crippen molar-refractivity contribution in [2.45, 2.75) is 32.2 Å². The molecule has 1 aliphatic heterocycles. The normalized spacial score (nSPS) is 19.7. The molecule has 1 saturated heterocycles. The van der Waals surface area contributed by atoms with E-state index in [4.69, 9.17) is 9.47 Å². The first kappa shape index (κ1) is 13.7. The van der Waals surface area contributed by atoms with Gasteiger partial charge in [0.2, 0.25) is 0 Å². The van der Waals surface area contributed by atoms with Crippen molar-refractivity contribution in [3.63, 3.8) is 0 Å². The number of aryl methyl sites for hydroxylation is 1. The summed E-state index contributed by atoms with van der Waals surface area (Å²) in [5.41, 5.74) is 2.47. The molecule has 0 aromatic heterocycles. The van der Waals surface area contributed by atoms with Gasteiger partial charge in [0.05, 0.1) is 18.7 Å². The zero-order chi connectivity index (χ0) is 13.1. The number of hydrogen-bond acceptors (Lipinski definition) is 3. The Morgan fingerprint density at radius 1 is 1.22 bits per heavy atom. The summed E-state index contributed by atoms with van der Waals surface area (Å²) in [6, 6.07) is 2.48. The van der Waals surface area contributed by atoms with Gasteiger partial charge in [0.1, 0.15) is 0 Å². The van der Waals surface area contributed by atoms with Gasteiger partial charge in [-0.15, -0.1) is 0 Å². The van der Waals surface area contributed by atoms with Crippen LogP contribution in [0.5, 0.6) is 11.5 Å². The summed E-state index contributed by atoms with van der Waals surface area (Å²) < 4.78 is 12.0. The average molecular weight is 314 g/mol. The highest BCUT2D eigenvalue weighted by atomic mass is 79.9. The fourth-order valence-corrected chi connectivity index (χ4v) is 3.35. The second-order valence-corrected chi connectivity index (χ2v) is 5.51. The highest BCUT2D eigenvalue weighted by molar-refractivity contribution is 9.10. The third-order valence-corrected chi connectivity index (χ3v) is 4.09. The minimum Gasteiger partial charge on any atom is -0.492 e. The van der Waals surface area contributed by atoms with E-state index in [9.17, 15) is 0 Å². The molecule has 3 nitrogen and oxygen atoms in total. The van der Waals surface area contributed by atoms with Crippen molar-refractivity contribution in [3.05, 3.63) is 21.7 Å². The number of rotatable bonds is 3. The number of methoxy groups -OCH3 is 2. The summed E-state index contributed by atoms with van der Waals surface area (Å²) in [4.78, 5) is 0. The zero-order valence-electron chi connectivity index (χ0n) is 11.2. The van der Waals surface area contributed by atoms with Crippen LogP contribution < -0.4 is 14.8 Å². The van der Waals surface area contributed by atoms with Crippen molar-refractivity contribution in [1.29, 1.82) is 0 Å². The Balaban J connectivity index is 2.49. The highest BCUT2D eigenvalue weighted by Gasteiger charge is 2.24. The number of piperidine rings is 1. The molecule has 1 aromatic rings. The molecule has 100 valence electrons. The molecule has 1 heterocycles. The molecular weight excluding hydrogens is 294 g/mol. The summed E-state index contributed by atoms with van der Waals surface area (Å²) in [6.45, 7) is 3.20. The van der Waals surface area contributed by atoms with E-state index in [1.165, 1.54) is 24.0 Å². The van der Waals surface area contributed by atoms with Crippen molar-refractivity contribution in [2.75, 3.05) is 20.8 Å². The first-order valence-corrected chi connectivity index (χ1v) is 7.12. The first-order valence-electron chi connectivity index (χ1n) is 6.33. The topological polar surface area (TPSA) is 30.5 Å². The Bertz CT molecular complexity index is 428. The quantitative estimate of drug-likeness (QED) is 0.925. The van der Waals surface area contributed by atoms with Gasteiger partial charge in [-0.05, 0) is 53.9 Å². The molecule has 0 spiro atoms. The summed E-state index contributed by atoms with van der Waals surface area (Å²) in [6.07, 6.45) is 3.67. The summed E-state index contributed by atoms with van der Waals surface area (Å²) in [5, 5.41) is 3.57. The highest BCUT2D eigenvalue weighted by Crippen LogP contribution is 2.44. The lowest BCUT2D eigenvalue weighted by molar-refractivity contribution is 0.336. The molecule has 1 N–H and O–H groups in total. The first-order chi connectivity index (χ1) is 8.69. The molecule has 1 atom stereocenters. The van der Waals surface area contributed by atoms with E-state index in [0.717, 1.165) is 28.9 Å². The van der Waals surface area contributed by atoms with Crippen LogP contribution in [0, 0.1) is 6.92 Å². The minimum atomic E-state index is 0.371. The number of nitrogens with one attached hydrogen (secondary N) is 1. The molecule has 1 unspecified atom stereocenters. The van der Waals surface area contributed by atoms with E-state index in [1.54, 1.807) is 14.2 Å². The third kappa shape index (κ3) is 2.50. The van der Waals surface area contributed by atoms with Crippen LogP contribution in [0.1, 0.15) is 36.4 Å². The number of benzene rings is 1. The van der Waals surface area contributed by atoms with Gasteiger partial charge < -0.3 is 14.8 Å². The predicted octanol–water partition coefficient (Wildman–Crippen LogP) is 3.59. The van der Waals surface area contributed by atoms with Gasteiger partial charge in [0, 0.05) is 11.6 Å². The number of ether oxygens (including phenoxy) is 2. The van der Waals surface area contributed by atoms with E-state index >= 15 is 0 Å². The maximum Gasteiger partial charge on any atom is 0.175 e. The van der Waals surface area contributed by atoms with Gasteiger partial charge in [-0.1, -0.05) is 6.42 Å². The van der Waals surface area contributed by atoms with Crippen LogP contribution in [0.2, 0.25) is 0 Å². The summed E-state index contributed by atoms with van der Waals surface area (Å²) in [7, 11) is 3.38. The van der Waals surface area contributed by atoms with E-state index in [2.05, 4.69) is 34.2 Å². The van der Waals surface area contributed by atoms with Gasteiger partial charge in [-0.3, -0.25) is 0 Å². The van der Waals surface area contributed by atoms with Crippen molar-refractivity contribution >= 4 is 15.9 Å². The second-order valence-electron chi connectivity index (χ2n) is 4.66. The van der Waals surface area contributed by atoms with Crippen LogP contribution in [0.15, 0.2) is 10.5 Å². The standard InChI is InChI=1S/C14H20BrNO2/c1-9-8-10(15)13(17-2)14(18-3)12(9)11-6-4-5-7-16-11/h8,11,16H,4-7H2,1-3H3. The van der Waals surface area contributed by atoms with Gasteiger partial charge in [-0.2, -0.15) is 0 Å². The predicted molar refractivity (Wildman–Crippen MR) is 76.6 cm³/mol. The summed E-state index contributed by atoms with van der Waals surface area (Å²) in [5.74, 6) is 1.63.